The van der Waals surface area contributed by atoms with Crippen LogP contribution >= 0.6 is 0 Å². The number of ketones is 1. The summed E-state index contributed by atoms with van der Waals surface area (Å²) in [4.78, 5) is 27.5. The molecule has 2 aromatic rings. The van der Waals surface area contributed by atoms with Crippen LogP contribution < -0.4 is 0 Å². The molecule has 0 aliphatic heterocycles. The Morgan fingerprint density at radius 2 is 1.80 bits per heavy atom. The first-order valence-electron chi connectivity index (χ1n) is 8.53. The summed E-state index contributed by atoms with van der Waals surface area (Å²) in [7, 11) is 0. The number of rotatable bonds is 6. The van der Waals surface area contributed by atoms with Crippen LogP contribution in [0.2, 0.25) is 0 Å². The Bertz CT molecular complexity index is 795. The molecule has 0 saturated heterocycles. The maximum Gasteiger partial charge on any atom is 0.355 e. The third-order valence-electron chi connectivity index (χ3n) is 4.19. The van der Waals surface area contributed by atoms with Crippen LogP contribution in [-0.4, -0.2) is 23.3 Å². The van der Waals surface area contributed by atoms with Crippen LogP contribution in [0.1, 0.15) is 69.9 Å². The molecule has 1 N–H and O–H groups in total. The number of hydrogen-bond acceptors (Lipinski definition) is 3. The Kier molecular flexibility index (Phi) is 5.97. The van der Waals surface area contributed by atoms with Gasteiger partial charge in [0.05, 0.1) is 6.61 Å². The minimum atomic E-state index is -0.435. The van der Waals surface area contributed by atoms with Crippen LogP contribution in [0.5, 0.6) is 0 Å². The molecule has 25 heavy (non-hydrogen) atoms. The lowest BCUT2D eigenvalue weighted by molar-refractivity contribution is 0.0519. The predicted molar refractivity (Wildman–Crippen MR) is 100 cm³/mol. The van der Waals surface area contributed by atoms with Gasteiger partial charge in [0.25, 0.3) is 0 Å². The lowest BCUT2D eigenvalue weighted by Gasteiger charge is -2.04. The number of aromatic nitrogens is 1. The molecule has 1 aromatic heterocycles. The molecule has 0 amide bonds. The molecule has 2 rings (SSSR count). The first-order valence-corrected chi connectivity index (χ1v) is 8.53. The summed E-state index contributed by atoms with van der Waals surface area (Å²) in [6.07, 6.45) is 3.34. The van der Waals surface area contributed by atoms with E-state index in [9.17, 15) is 9.59 Å². The molecule has 0 bridgehead atoms. The third kappa shape index (κ3) is 4.27. The van der Waals surface area contributed by atoms with Crippen LogP contribution in [0, 0.1) is 13.8 Å². The van der Waals surface area contributed by atoms with Gasteiger partial charge in [-0.15, -0.1) is 0 Å². The van der Waals surface area contributed by atoms with Gasteiger partial charge in [0, 0.05) is 11.3 Å². The van der Waals surface area contributed by atoms with Gasteiger partial charge in [-0.1, -0.05) is 44.2 Å². The van der Waals surface area contributed by atoms with E-state index in [1.807, 2.05) is 12.1 Å². The van der Waals surface area contributed by atoms with E-state index in [1.165, 1.54) is 5.56 Å². The van der Waals surface area contributed by atoms with E-state index in [1.54, 1.807) is 32.9 Å². The molecule has 0 aliphatic carbocycles. The molecule has 0 spiro atoms. The Morgan fingerprint density at radius 1 is 1.16 bits per heavy atom. The molecule has 0 unspecified atom stereocenters. The van der Waals surface area contributed by atoms with Gasteiger partial charge in [-0.3, -0.25) is 4.79 Å². The molecule has 132 valence electrons. The lowest BCUT2D eigenvalue weighted by Crippen LogP contribution is -2.07. The molecular formula is C21H25NO3. The number of carbonyl (C=O) groups is 2. The summed E-state index contributed by atoms with van der Waals surface area (Å²) in [6.45, 7) is 9.89. The van der Waals surface area contributed by atoms with E-state index in [2.05, 4.69) is 31.0 Å². The standard InChI is InChI=1S/C21H25NO3/c1-6-25-21(24)20-14(4)19(15(5)22-20)18(23)12-9-16-7-10-17(11-8-16)13(2)3/h7-13,22H,6H2,1-5H3/b12-9+. The molecule has 4 heteroatoms. The van der Waals surface area contributed by atoms with Gasteiger partial charge >= 0.3 is 5.97 Å². The zero-order valence-electron chi connectivity index (χ0n) is 15.5. The average molecular weight is 339 g/mol. The first-order chi connectivity index (χ1) is 11.8. The summed E-state index contributed by atoms with van der Waals surface area (Å²) < 4.78 is 5.02. The zero-order chi connectivity index (χ0) is 18.6. The highest BCUT2D eigenvalue weighted by Gasteiger charge is 2.21. The van der Waals surface area contributed by atoms with E-state index in [4.69, 9.17) is 4.74 Å². The summed E-state index contributed by atoms with van der Waals surface area (Å²) in [5.74, 6) is -0.0868. The topological polar surface area (TPSA) is 59.2 Å². The number of hydrogen-bond donors (Lipinski definition) is 1. The van der Waals surface area contributed by atoms with E-state index in [-0.39, 0.29) is 5.78 Å². The van der Waals surface area contributed by atoms with Crippen molar-refractivity contribution in [1.29, 1.82) is 0 Å². The fourth-order valence-corrected chi connectivity index (χ4v) is 2.77. The van der Waals surface area contributed by atoms with E-state index >= 15 is 0 Å². The Morgan fingerprint density at radius 3 is 2.36 bits per heavy atom. The summed E-state index contributed by atoms with van der Waals surface area (Å²) in [6, 6.07) is 8.14. The Balaban J connectivity index is 2.22. The van der Waals surface area contributed by atoms with Crippen molar-refractivity contribution in [3.05, 3.63) is 64.0 Å². The second-order valence-electron chi connectivity index (χ2n) is 6.36. The van der Waals surface area contributed by atoms with Crippen molar-refractivity contribution in [2.45, 2.75) is 40.5 Å². The van der Waals surface area contributed by atoms with Crippen molar-refractivity contribution in [3.63, 3.8) is 0 Å². The number of carbonyl (C=O) groups excluding carboxylic acids is 2. The quantitative estimate of drug-likeness (QED) is 0.466. The van der Waals surface area contributed by atoms with Crippen LogP contribution in [-0.2, 0) is 4.74 Å². The largest absolute Gasteiger partial charge is 0.461 e. The van der Waals surface area contributed by atoms with Crippen molar-refractivity contribution in [2.24, 2.45) is 0 Å². The minimum absolute atomic E-state index is 0.130. The van der Waals surface area contributed by atoms with Crippen LogP contribution in [0.4, 0.5) is 0 Å². The molecule has 0 atom stereocenters. The SMILES string of the molecule is CCOC(=O)c1[nH]c(C)c(C(=O)/C=C/c2ccc(C(C)C)cc2)c1C. The number of esters is 1. The Labute approximate surface area is 148 Å². The molecule has 0 saturated carbocycles. The van der Waals surface area contributed by atoms with Gasteiger partial charge in [0.1, 0.15) is 5.69 Å². The van der Waals surface area contributed by atoms with Crippen molar-refractivity contribution < 1.29 is 14.3 Å². The number of aromatic amines is 1. The summed E-state index contributed by atoms with van der Waals surface area (Å²) >= 11 is 0. The smallest absolute Gasteiger partial charge is 0.355 e. The second kappa shape index (κ2) is 7.97. The number of nitrogens with one attached hydrogen (secondary N) is 1. The Hall–Kier alpha value is -2.62. The molecule has 0 fully saturated rings. The fraction of sp³-hybridized carbons (Fsp3) is 0.333. The number of allylic oxidation sites excluding steroid dienone is 1. The summed E-state index contributed by atoms with van der Waals surface area (Å²) in [5.41, 5.74) is 4.40. The highest BCUT2D eigenvalue weighted by atomic mass is 16.5. The average Bonchev–Trinajstić information content (AvgIpc) is 2.88. The molecule has 0 radical (unpaired) electrons. The van der Waals surface area contributed by atoms with E-state index in [0.29, 0.717) is 35.0 Å². The minimum Gasteiger partial charge on any atom is -0.461 e. The normalized spacial score (nSPS) is 11.3. The van der Waals surface area contributed by atoms with Crippen molar-refractivity contribution in [2.75, 3.05) is 6.61 Å². The fourth-order valence-electron chi connectivity index (χ4n) is 2.77. The van der Waals surface area contributed by atoms with Crippen molar-refractivity contribution in [3.8, 4) is 0 Å². The first kappa shape index (κ1) is 18.7. The maximum atomic E-state index is 12.6. The zero-order valence-corrected chi connectivity index (χ0v) is 15.5. The van der Waals surface area contributed by atoms with Crippen LogP contribution in [0.25, 0.3) is 6.08 Å². The van der Waals surface area contributed by atoms with Gasteiger partial charge in [-0.2, -0.15) is 0 Å². The van der Waals surface area contributed by atoms with E-state index < -0.39 is 5.97 Å². The monoisotopic (exact) mass is 339 g/mol. The molecular weight excluding hydrogens is 314 g/mol. The van der Waals surface area contributed by atoms with Gasteiger partial charge in [-0.25, -0.2) is 4.79 Å². The maximum absolute atomic E-state index is 12.6. The molecule has 4 nitrogen and oxygen atoms in total. The van der Waals surface area contributed by atoms with Gasteiger partial charge in [0.15, 0.2) is 5.78 Å². The van der Waals surface area contributed by atoms with Crippen molar-refractivity contribution >= 4 is 17.8 Å². The molecule has 1 heterocycles. The van der Waals surface area contributed by atoms with Gasteiger partial charge in [0.2, 0.25) is 0 Å². The highest BCUT2D eigenvalue weighted by molar-refractivity contribution is 6.10. The lowest BCUT2D eigenvalue weighted by atomic mass is 10.0. The van der Waals surface area contributed by atoms with Crippen molar-refractivity contribution in [1.82, 2.24) is 4.98 Å². The number of ether oxygens (including phenoxy) is 1. The van der Waals surface area contributed by atoms with Gasteiger partial charge in [-0.05, 0) is 49.5 Å². The predicted octanol–water partition coefficient (Wildman–Crippen LogP) is 4.83. The van der Waals surface area contributed by atoms with E-state index in [0.717, 1.165) is 5.56 Å². The van der Waals surface area contributed by atoms with Crippen LogP contribution in [0.15, 0.2) is 30.3 Å². The van der Waals surface area contributed by atoms with Gasteiger partial charge < -0.3 is 9.72 Å². The number of aryl methyl sites for hydroxylation is 1. The molecule has 1 aromatic carbocycles. The molecule has 0 aliphatic rings. The van der Waals surface area contributed by atoms with Crippen LogP contribution in [0.3, 0.4) is 0 Å². The number of benzene rings is 1. The third-order valence-corrected chi connectivity index (χ3v) is 4.19. The highest BCUT2D eigenvalue weighted by Crippen LogP contribution is 2.21. The summed E-state index contributed by atoms with van der Waals surface area (Å²) in [5, 5.41) is 0. The number of H-pyrrole nitrogens is 1. The second-order valence-corrected chi connectivity index (χ2v) is 6.36.